The molecule has 0 fully saturated rings. The van der Waals surface area contributed by atoms with E-state index in [1.807, 2.05) is 48.5 Å². The number of fused-ring (bicyclic) bond motifs is 1. The van der Waals surface area contributed by atoms with Crippen molar-refractivity contribution in [1.29, 1.82) is 0 Å². The van der Waals surface area contributed by atoms with Gasteiger partial charge in [-0.2, -0.15) is 0 Å². The standard InChI is InChI=1S/C23H15Cl2N3O2S/c24-15-9-5-13(6-10-15)20-19(21(30-28-20)14-7-11-16(25)12-8-14)22(29)27-23-26-17-3-1-2-4-18(17)31-23/h1-12,19,21H,(H,26,27,29). The minimum Gasteiger partial charge on any atom is -0.386 e. The Balaban J connectivity index is 1.49. The number of nitrogens with one attached hydrogen (secondary N) is 1. The molecule has 5 nitrogen and oxygen atoms in total. The SMILES string of the molecule is O=C(Nc1nc2ccccc2s1)C1C(c2ccc(Cl)cc2)=NOC1c1ccc(Cl)cc1. The maximum atomic E-state index is 13.4. The lowest BCUT2D eigenvalue weighted by Crippen LogP contribution is -2.32. The van der Waals surface area contributed by atoms with Crippen LogP contribution in [0.3, 0.4) is 0 Å². The Morgan fingerprint density at radius 3 is 2.32 bits per heavy atom. The number of hydrogen-bond donors (Lipinski definition) is 1. The number of thiazole rings is 1. The molecule has 2 unspecified atom stereocenters. The van der Waals surface area contributed by atoms with Crippen molar-refractivity contribution >= 4 is 61.5 Å². The second kappa shape index (κ2) is 8.30. The van der Waals surface area contributed by atoms with Crippen molar-refractivity contribution in [3.63, 3.8) is 0 Å². The van der Waals surface area contributed by atoms with Gasteiger partial charge in [-0.1, -0.05) is 76.1 Å². The van der Waals surface area contributed by atoms with Crippen molar-refractivity contribution in [2.75, 3.05) is 5.32 Å². The van der Waals surface area contributed by atoms with E-state index in [2.05, 4.69) is 15.5 Å². The molecule has 8 heteroatoms. The van der Waals surface area contributed by atoms with Gasteiger partial charge in [0, 0.05) is 15.6 Å². The van der Waals surface area contributed by atoms with Crippen molar-refractivity contribution in [2.45, 2.75) is 6.10 Å². The Hall–Kier alpha value is -2.93. The highest BCUT2D eigenvalue weighted by Gasteiger charge is 2.41. The third-order valence-electron chi connectivity index (χ3n) is 5.01. The number of para-hydroxylation sites is 1. The van der Waals surface area contributed by atoms with E-state index in [-0.39, 0.29) is 5.91 Å². The molecule has 0 saturated heterocycles. The highest BCUT2D eigenvalue weighted by molar-refractivity contribution is 7.22. The monoisotopic (exact) mass is 467 g/mol. The lowest BCUT2D eigenvalue weighted by molar-refractivity contribution is -0.120. The molecule has 0 bridgehead atoms. The zero-order chi connectivity index (χ0) is 21.4. The van der Waals surface area contributed by atoms with Gasteiger partial charge < -0.3 is 10.2 Å². The summed E-state index contributed by atoms with van der Waals surface area (Å²) in [4.78, 5) is 23.7. The molecule has 2 heterocycles. The summed E-state index contributed by atoms with van der Waals surface area (Å²) < 4.78 is 1.00. The zero-order valence-corrected chi connectivity index (χ0v) is 18.3. The Kier molecular flexibility index (Phi) is 5.36. The van der Waals surface area contributed by atoms with E-state index in [9.17, 15) is 4.79 Å². The van der Waals surface area contributed by atoms with Gasteiger partial charge in [0.1, 0.15) is 11.6 Å². The Morgan fingerprint density at radius 1 is 0.935 bits per heavy atom. The number of benzene rings is 3. The second-order valence-corrected chi connectivity index (χ2v) is 8.92. The number of anilines is 1. The van der Waals surface area contributed by atoms with Gasteiger partial charge >= 0.3 is 0 Å². The molecule has 1 aliphatic rings. The summed E-state index contributed by atoms with van der Waals surface area (Å²) in [6.07, 6.45) is -0.586. The third kappa shape index (κ3) is 4.02. The van der Waals surface area contributed by atoms with Gasteiger partial charge in [-0.3, -0.25) is 4.79 Å². The van der Waals surface area contributed by atoms with Gasteiger partial charge in [0.2, 0.25) is 5.91 Å². The van der Waals surface area contributed by atoms with Crippen molar-refractivity contribution in [2.24, 2.45) is 11.1 Å². The number of nitrogens with zero attached hydrogens (tertiary/aromatic N) is 2. The van der Waals surface area contributed by atoms with Gasteiger partial charge in [-0.25, -0.2) is 4.98 Å². The molecule has 3 aromatic carbocycles. The maximum absolute atomic E-state index is 13.4. The predicted octanol–water partition coefficient (Wildman–Crippen LogP) is 6.33. The van der Waals surface area contributed by atoms with E-state index < -0.39 is 12.0 Å². The normalized spacial score (nSPS) is 17.9. The van der Waals surface area contributed by atoms with Crippen LogP contribution in [0.1, 0.15) is 17.2 Å². The van der Waals surface area contributed by atoms with Gasteiger partial charge in [0.25, 0.3) is 0 Å². The smallest absolute Gasteiger partial charge is 0.239 e. The molecule has 1 N–H and O–H groups in total. The summed E-state index contributed by atoms with van der Waals surface area (Å²) in [7, 11) is 0. The lowest BCUT2D eigenvalue weighted by Gasteiger charge is -2.18. The summed E-state index contributed by atoms with van der Waals surface area (Å²) in [5.74, 6) is -0.917. The maximum Gasteiger partial charge on any atom is 0.239 e. The van der Waals surface area contributed by atoms with Gasteiger partial charge in [-0.15, -0.1) is 0 Å². The first kappa shape index (κ1) is 20.0. The first-order chi connectivity index (χ1) is 15.1. The average molecular weight is 468 g/mol. The molecule has 154 valence electrons. The highest BCUT2D eigenvalue weighted by Crippen LogP contribution is 2.37. The number of carbonyl (C=O) groups excluding carboxylic acids is 1. The number of amides is 1. The van der Waals surface area contributed by atoms with E-state index in [0.717, 1.165) is 21.3 Å². The van der Waals surface area contributed by atoms with E-state index in [4.69, 9.17) is 28.0 Å². The quantitative estimate of drug-likeness (QED) is 0.381. The molecule has 31 heavy (non-hydrogen) atoms. The Labute approximate surface area is 192 Å². The van der Waals surface area contributed by atoms with Crippen LogP contribution < -0.4 is 5.32 Å². The number of hydrogen-bond acceptors (Lipinski definition) is 5. The van der Waals surface area contributed by atoms with Crippen LogP contribution in [-0.2, 0) is 9.63 Å². The molecule has 4 aromatic rings. The molecule has 0 saturated carbocycles. The van der Waals surface area contributed by atoms with Crippen LogP contribution in [0.4, 0.5) is 5.13 Å². The van der Waals surface area contributed by atoms with Crippen LogP contribution in [0.5, 0.6) is 0 Å². The summed E-state index contributed by atoms with van der Waals surface area (Å²) >= 11 is 13.5. The average Bonchev–Trinajstić information content (AvgIpc) is 3.39. The van der Waals surface area contributed by atoms with E-state index >= 15 is 0 Å². The van der Waals surface area contributed by atoms with Crippen molar-refractivity contribution in [1.82, 2.24) is 4.98 Å². The number of carbonyl (C=O) groups is 1. The molecule has 0 spiro atoms. The summed E-state index contributed by atoms with van der Waals surface area (Å²) in [6.45, 7) is 0. The van der Waals surface area contributed by atoms with Crippen LogP contribution in [0, 0.1) is 5.92 Å². The summed E-state index contributed by atoms with van der Waals surface area (Å²) in [6, 6.07) is 22.1. The fourth-order valence-corrected chi connectivity index (χ4v) is 4.62. The number of oxime groups is 1. The first-order valence-electron chi connectivity index (χ1n) is 9.50. The zero-order valence-electron chi connectivity index (χ0n) is 16.0. The number of rotatable bonds is 4. The fourth-order valence-electron chi connectivity index (χ4n) is 3.50. The van der Waals surface area contributed by atoms with Crippen molar-refractivity contribution in [3.8, 4) is 0 Å². The minimum absolute atomic E-state index is 0.245. The third-order valence-corrected chi connectivity index (χ3v) is 6.46. The van der Waals surface area contributed by atoms with E-state index in [1.54, 1.807) is 24.3 Å². The molecule has 0 aliphatic carbocycles. The van der Waals surface area contributed by atoms with Gasteiger partial charge in [-0.05, 0) is 42.0 Å². The Morgan fingerprint density at radius 2 is 1.61 bits per heavy atom. The Bertz CT molecular complexity index is 1250. The van der Waals surface area contributed by atoms with E-state index in [1.165, 1.54) is 11.3 Å². The van der Waals surface area contributed by atoms with E-state index in [0.29, 0.717) is 20.9 Å². The first-order valence-corrected chi connectivity index (χ1v) is 11.1. The molecule has 0 radical (unpaired) electrons. The van der Waals surface area contributed by atoms with Gasteiger partial charge in [0.15, 0.2) is 11.2 Å². The minimum atomic E-state index is -0.672. The highest BCUT2D eigenvalue weighted by atomic mass is 35.5. The van der Waals surface area contributed by atoms with Crippen molar-refractivity contribution < 1.29 is 9.63 Å². The summed E-state index contributed by atoms with van der Waals surface area (Å²) in [5, 5.41) is 8.96. The molecule has 1 amide bonds. The molecule has 2 atom stereocenters. The van der Waals surface area contributed by atoms with Crippen molar-refractivity contribution in [3.05, 3.63) is 94.0 Å². The predicted molar refractivity (Wildman–Crippen MR) is 125 cm³/mol. The van der Waals surface area contributed by atoms with Crippen LogP contribution in [0.2, 0.25) is 10.0 Å². The van der Waals surface area contributed by atoms with Crippen LogP contribution in [-0.4, -0.2) is 16.6 Å². The molecular formula is C23H15Cl2N3O2S. The molecular weight excluding hydrogens is 453 g/mol. The van der Waals surface area contributed by atoms with Crippen LogP contribution in [0.15, 0.2) is 78.0 Å². The van der Waals surface area contributed by atoms with Crippen LogP contribution >= 0.6 is 34.5 Å². The largest absolute Gasteiger partial charge is 0.386 e. The molecule has 1 aromatic heterocycles. The number of halogens is 2. The van der Waals surface area contributed by atoms with Gasteiger partial charge in [0.05, 0.1) is 10.2 Å². The second-order valence-electron chi connectivity index (χ2n) is 7.01. The topological polar surface area (TPSA) is 63.6 Å². The molecule has 5 rings (SSSR count). The van der Waals surface area contributed by atoms with Crippen LogP contribution in [0.25, 0.3) is 10.2 Å². The lowest BCUT2D eigenvalue weighted by atomic mass is 9.88. The fraction of sp³-hybridized carbons (Fsp3) is 0.0870. The molecule has 1 aliphatic heterocycles. The number of aromatic nitrogens is 1. The summed E-state index contributed by atoms with van der Waals surface area (Å²) in [5.41, 5.74) is 2.95.